The Labute approximate surface area is 124 Å². The summed E-state index contributed by atoms with van der Waals surface area (Å²) in [4.78, 5) is 0. The first kappa shape index (κ1) is 15.2. The molecule has 21 heavy (non-hydrogen) atoms. The molecule has 2 rings (SSSR count). The Balaban J connectivity index is 2.08. The summed E-state index contributed by atoms with van der Waals surface area (Å²) in [5.41, 5.74) is 2.63. The minimum absolute atomic E-state index is 0.0429. The molecule has 5 heteroatoms. The highest BCUT2D eigenvalue weighted by Crippen LogP contribution is 2.14. The molecule has 0 aromatic heterocycles. The zero-order valence-corrected chi connectivity index (χ0v) is 12.2. The van der Waals surface area contributed by atoms with Crippen molar-refractivity contribution in [3.8, 4) is 6.07 Å². The van der Waals surface area contributed by atoms with Gasteiger partial charge in [-0.15, -0.1) is 0 Å². The minimum atomic E-state index is -3.27. The Morgan fingerprint density at radius 2 is 1.29 bits per heavy atom. The van der Waals surface area contributed by atoms with Crippen LogP contribution in [0.1, 0.15) is 22.3 Å². The molecule has 1 N–H and O–H groups in total. The predicted molar refractivity (Wildman–Crippen MR) is 79.8 cm³/mol. The molecule has 0 unspecified atom stereocenters. The highest BCUT2D eigenvalue weighted by Gasteiger charge is 2.13. The molecule has 2 aromatic rings. The lowest BCUT2D eigenvalue weighted by Crippen LogP contribution is -2.07. The molecule has 4 nitrogen and oxygen atoms in total. The lowest BCUT2D eigenvalue weighted by atomic mass is 10.2. The summed E-state index contributed by atoms with van der Waals surface area (Å²) in [7, 11) is -3.27. The van der Waals surface area contributed by atoms with Gasteiger partial charge < -0.3 is 5.11 Å². The number of nitrogens with zero attached hydrogens (tertiary/aromatic N) is 1. The third-order valence-corrected chi connectivity index (χ3v) is 4.61. The number of benzene rings is 2. The molecular formula is C16H15NO3S. The van der Waals surface area contributed by atoms with Gasteiger partial charge in [-0.05, 0) is 28.8 Å². The fourth-order valence-electron chi connectivity index (χ4n) is 1.98. The van der Waals surface area contributed by atoms with E-state index in [-0.39, 0.29) is 18.1 Å². The summed E-state index contributed by atoms with van der Waals surface area (Å²) in [5.74, 6) is -0.0980. The zero-order chi connectivity index (χ0) is 15.3. The molecule has 0 saturated heterocycles. The third-order valence-electron chi connectivity index (χ3n) is 3.06. The number of nitriles is 1. The van der Waals surface area contributed by atoms with Gasteiger partial charge in [0.1, 0.15) is 0 Å². The topological polar surface area (TPSA) is 78.2 Å². The van der Waals surface area contributed by atoms with Gasteiger partial charge in [0.05, 0.1) is 29.7 Å². The zero-order valence-electron chi connectivity index (χ0n) is 11.4. The highest BCUT2D eigenvalue weighted by molar-refractivity contribution is 7.89. The van der Waals surface area contributed by atoms with Crippen molar-refractivity contribution < 1.29 is 13.5 Å². The molecule has 2 aromatic carbocycles. The van der Waals surface area contributed by atoms with E-state index in [4.69, 9.17) is 10.4 Å². The predicted octanol–water partition coefficient (Wildman–Crippen LogP) is 2.17. The van der Waals surface area contributed by atoms with Crippen LogP contribution in [0.3, 0.4) is 0 Å². The Morgan fingerprint density at radius 3 is 1.71 bits per heavy atom. The summed E-state index contributed by atoms with van der Waals surface area (Å²) in [6, 6.07) is 15.4. The van der Waals surface area contributed by atoms with E-state index in [0.29, 0.717) is 16.7 Å². The first-order chi connectivity index (χ1) is 10.0. The SMILES string of the molecule is N#Cc1ccc(CS(=O)(=O)Cc2ccc(CO)cc2)cc1. The smallest absolute Gasteiger partial charge is 0.158 e. The molecule has 0 amide bonds. The highest BCUT2D eigenvalue weighted by atomic mass is 32.2. The van der Waals surface area contributed by atoms with Crippen LogP contribution < -0.4 is 0 Å². The third kappa shape index (κ3) is 4.42. The van der Waals surface area contributed by atoms with E-state index in [0.717, 1.165) is 5.56 Å². The summed E-state index contributed by atoms with van der Waals surface area (Å²) in [5, 5.41) is 17.7. The Morgan fingerprint density at radius 1 is 0.857 bits per heavy atom. The summed E-state index contributed by atoms with van der Waals surface area (Å²) < 4.78 is 24.3. The lowest BCUT2D eigenvalue weighted by molar-refractivity contribution is 0.282. The monoisotopic (exact) mass is 301 g/mol. The van der Waals surface area contributed by atoms with Crippen molar-refractivity contribution in [2.75, 3.05) is 0 Å². The van der Waals surface area contributed by atoms with Crippen LogP contribution in [0.5, 0.6) is 0 Å². The van der Waals surface area contributed by atoms with Crippen LogP contribution in [0.15, 0.2) is 48.5 Å². The molecule has 0 bridgehead atoms. The average Bonchev–Trinajstić information content (AvgIpc) is 2.48. The van der Waals surface area contributed by atoms with E-state index in [1.165, 1.54) is 0 Å². The van der Waals surface area contributed by atoms with Crippen molar-refractivity contribution in [1.29, 1.82) is 5.26 Å². The van der Waals surface area contributed by atoms with Gasteiger partial charge in [-0.25, -0.2) is 8.42 Å². The van der Waals surface area contributed by atoms with E-state index in [1.807, 2.05) is 6.07 Å². The molecule has 0 atom stereocenters. The number of sulfone groups is 1. The number of aliphatic hydroxyl groups excluding tert-OH is 1. The summed E-state index contributed by atoms with van der Waals surface area (Å²) in [6.07, 6.45) is 0. The van der Waals surface area contributed by atoms with E-state index >= 15 is 0 Å². The molecule has 0 aliphatic heterocycles. The molecule has 0 aliphatic rings. The molecule has 0 fully saturated rings. The quantitative estimate of drug-likeness (QED) is 0.918. The van der Waals surface area contributed by atoms with Gasteiger partial charge in [0, 0.05) is 0 Å². The van der Waals surface area contributed by atoms with E-state index in [2.05, 4.69) is 0 Å². The van der Waals surface area contributed by atoms with Crippen molar-refractivity contribution in [1.82, 2.24) is 0 Å². The van der Waals surface area contributed by atoms with Gasteiger partial charge in [-0.2, -0.15) is 5.26 Å². The first-order valence-corrected chi connectivity index (χ1v) is 8.23. The lowest BCUT2D eigenvalue weighted by Gasteiger charge is -2.06. The molecule has 0 spiro atoms. The van der Waals surface area contributed by atoms with Crippen molar-refractivity contribution in [2.24, 2.45) is 0 Å². The molecule has 0 saturated carbocycles. The van der Waals surface area contributed by atoms with E-state index in [9.17, 15) is 8.42 Å². The van der Waals surface area contributed by atoms with Crippen LogP contribution in [-0.2, 0) is 27.9 Å². The van der Waals surface area contributed by atoms with Gasteiger partial charge in [0.25, 0.3) is 0 Å². The van der Waals surface area contributed by atoms with Crippen LogP contribution in [0.25, 0.3) is 0 Å². The van der Waals surface area contributed by atoms with Crippen molar-refractivity contribution in [2.45, 2.75) is 18.1 Å². The minimum Gasteiger partial charge on any atom is -0.392 e. The summed E-state index contributed by atoms with van der Waals surface area (Å²) in [6.45, 7) is -0.0573. The fraction of sp³-hybridized carbons (Fsp3) is 0.188. The maximum Gasteiger partial charge on any atom is 0.158 e. The second-order valence-corrected chi connectivity index (χ2v) is 6.88. The Kier molecular flexibility index (Phi) is 4.73. The average molecular weight is 301 g/mol. The number of aliphatic hydroxyl groups is 1. The Hall–Kier alpha value is -2.16. The Bertz CT molecular complexity index is 742. The van der Waals surface area contributed by atoms with Crippen LogP contribution >= 0.6 is 0 Å². The van der Waals surface area contributed by atoms with E-state index < -0.39 is 9.84 Å². The largest absolute Gasteiger partial charge is 0.392 e. The van der Waals surface area contributed by atoms with Crippen molar-refractivity contribution in [3.05, 3.63) is 70.8 Å². The van der Waals surface area contributed by atoms with Gasteiger partial charge >= 0.3 is 0 Å². The van der Waals surface area contributed by atoms with Crippen molar-refractivity contribution >= 4 is 9.84 Å². The van der Waals surface area contributed by atoms with Gasteiger partial charge in [-0.3, -0.25) is 0 Å². The molecule has 108 valence electrons. The van der Waals surface area contributed by atoms with Gasteiger partial charge in [-0.1, -0.05) is 36.4 Å². The number of rotatable bonds is 5. The van der Waals surface area contributed by atoms with Crippen LogP contribution in [-0.4, -0.2) is 13.5 Å². The van der Waals surface area contributed by atoms with Crippen LogP contribution in [0.4, 0.5) is 0 Å². The number of hydrogen-bond donors (Lipinski definition) is 1. The van der Waals surface area contributed by atoms with Crippen molar-refractivity contribution in [3.63, 3.8) is 0 Å². The van der Waals surface area contributed by atoms with Gasteiger partial charge in [0.2, 0.25) is 0 Å². The maximum absolute atomic E-state index is 12.2. The molecule has 0 radical (unpaired) electrons. The molecule has 0 aliphatic carbocycles. The standard InChI is InChI=1S/C16H15NO3S/c17-9-13-1-5-15(6-2-13)11-21(19,20)12-16-7-3-14(10-18)4-8-16/h1-8,18H,10-12H2. The first-order valence-electron chi connectivity index (χ1n) is 6.40. The van der Waals surface area contributed by atoms with E-state index in [1.54, 1.807) is 48.5 Å². The molecular weight excluding hydrogens is 286 g/mol. The maximum atomic E-state index is 12.2. The number of hydrogen-bond acceptors (Lipinski definition) is 4. The van der Waals surface area contributed by atoms with Gasteiger partial charge in [0.15, 0.2) is 9.84 Å². The normalized spacial score (nSPS) is 11.0. The second kappa shape index (κ2) is 6.53. The second-order valence-electron chi connectivity index (χ2n) is 4.82. The fourth-order valence-corrected chi connectivity index (χ4v) is 3.48. The van der Waals surface area contributed by atoms with Crippen LogP contribution in [0.2, 0.25) is 0 Å². The summed E-state index contributed by atoms with van der Waals surface area (Å²) >= 11 is 0. The molecule has 0 heterocycles. The van der Waals surface area contributed by atoms with Crippen LogP contribution in [0, 0.1) is 11.3 Å².